The standard InChI is InChI=1S/C15H19N3/c1-2-15(10-6-7-11-15)14-16-13(17-18-14)12-8-4-3-5-9-12/h3-5,8-9H,2,6-7,10-11H2,1H3,(H,16,17,18). The largest absolute Gasteiger partial charge is 0.262 e. The quantitative estimate of drug-likeness (QED) is 0.890. The van der Waals surface area contributed by atoms with Crippen LogP contribution >= 0.6 is 0 Å². The van der Waals surface area contributed by atoms with E-state index >= 15 is 0 Å². The molecule has 1 heterocycles. The lowest BCUT2D eigenvalue weighted by atomic mass is 9.83. The van der Waals surface area contributed by atoms with Gasteiger partial charge < -0.3 is 0 Å². The van der Waals surface area contributed by atoms with E-state index in [1.165, 1.54) is 25.7 Å². The second kappa shape index (κ2) is 4.56. The van der Waals surface area contributed by atoms with Crippen LogP contribution in [0.1, 0.15) is 44.9 Å². The van der Waals surface area contributed by atoms with Crippen LogP contribution in [0.25, 0.3) is 11.4 Å². The van der Waals surface area contributed by atoms with Gasteiger partial charge in [-0.3, -0.25) is 5.10 Å². The number of hydrogen-bond donors (Lipinski definition) is 1. The first-order chi connectivity index (χ1) is 8.84. The fourth-order valence-electron chi connectivity index (χ4n) is 3.02. The van der Waals surface area contributed by atoms with Gasteiger partial charge in [-0.05, 0) is 19.3 Å². The smallest absolute Gasteiger partial charge is 0.181 e. The highest BCUT2D eigenvalue weighted by molar-refractivity contribution is 5.54. The average Bonchev–Trinajstić information content (AvgIpc) is 3.09. The van der Waals surface area contributed by atoms with Gasteiger partial charge in [-0.25, -0.2) is 4.98 Å². The van der Waals surface area contributed by atoms with E-state index in [2.05, 4.69) is 29.3 Å². The van der Waals surface area contributed by atoms with Crippen LogP contribution in [0.5, 0.6) is 0 Å². The third-order valence-corrected chi connectivity index (χ3v) is 4.26. The van der Waals surface area contributed by atoms with Gasteiger partial charge in [-0.15, -0.1) is 0 Å². The molecule has 3 nitrogen and oxygen atoms in total. The summed E-state index contributed by atoms with van der Waals surface area (Å²) in [5.74, 6) is 1.91. The molecule has 3 heteroatoms. The zero-order valence-corrected chi connectivity index (χ0v) is 10.8. The van der Waals surface area contributed by atoms with E-state index in [-0.39, 0.29) is 5.41 Å². The number of nitrogens with zero attached hydrogens (tertiary/aromatic N) is 2. The van der Waals surface area contributed by atoms with Gasteiger partial charge in [-0.2, -0.15) is 5.10 Å². The summed E-state index contributed by atoms with van der Waals surface area (Å²) in [5, 5.41) is 7.56. The minimum atomic E-state index is 0.250. The summed E-state index contributed by atoms with van der Waals surface area (Å²) >= 11 is 0. The fraction of sp³-hybridized carbons (Fsp3) is 0.467. The van der Waals surface area contributed by atoms with Crippen molar-refractivity contribution < 1.29 is 0 Å². The van der Waals surface area contributed by atoms with Crippen molar-refractivity contribution in [3.8, 4) is 11.4 Å². The molecule has 18 heavy (non-hydrogen) atoms. The van der Waals surface area contributed by atoms with Gasteiger partial charge in [0.25, 0.3) is 0 Å². The second-order valence-electron chi connectivity index (χ2n) is 5.21. The van der Waals surface area contributed by atoms with E-state index in [4.69, 9.17) is 4.98 Å². The summed E-state index contributed by atoms with van der Waals surface area (Å²) in [7, 11) is 0. The SMILES string of the molecule is CCC1(c2nc(-c3ccccc3)n[nH]2)CCCC1. The first kappa shape index (κ1) is 11.5. The molecule has 1 aromatic heterocycles. The first-order valence-electron chi connectivity index (χ1n) is 6.82. The number of nitrogens with one attached hydrogen (secondary N) is 1. The van der Waals surface area contributed by atoms with Crippen LogP contribution in [-0.4, -0.2) is 15.2 Å². The lowest BCUT2D eigenvalue weighted by Gasteiger charge is -2.23. The highest BCUT2D eigenvalue weighted by Gasteiger charge is 2.36. The third-order valence-electron chi connectivity index (χ3n) is 4.26. The van der Waals surface area contributed by atoms with Gasteiger partial charge in [-0.1, -0.05) is 50.1 Å². The molecule has 0 unspecified atom stereocenters. The van der Waals surface area contributed by atoms with E-state index in [0.29, 0.717) is 0 Å². The predicted molar refractivity (Wildman–Crippen MR) is 72.3 cm³/mol. The van der Waals surface area contributed by atoms with Gasteiger partial charge in [0.05, 0.1) is 0 Å². The van der Waals surface area contributed by atoms with Gasteiger partial charge in [0.2, 0.25) is 0 Å². The van der Waals surface area contributed by atoms with E-state index in [1.807, 2.05) is 18.2 Å². The highest BCUT2D eigenvalue weighted by atomic mass is 15.2. The van der Waals surface area contributed by atoms with E-state index in [1.54, 1.807) is 0 Å². The molecule has 0 spiro atoms. The molecule has 1 fully saturated rings. The number of aromatic nitrogens is 3. The number of benzene rings is 1. The van der Waals surface area contributed by atoms with Crippen LogP contribution < -0.4 is 0 Å². The number of aromatic amines is 1. The first-order valence-corrected chi connectivity index (χ1v) is 6.82. The monoisotopic (exact) mass is 241 g/mol. The summed E-state index contributed by atoms with van der Waals surface area (Å²) in [6.07, 6.45) is 6.26. The topological polar surface area (TPSA) is 41.6 Å². The molecule has 0 aliphatic heterocycles. The van der Waals surface area contributed by atoms with Gasteiger partial charge in [0, 0.05) is 11.0 Å². The Morgan fingerprint density at radius 2 is 1.89 bits per heavy atom. The van der Waals surface area contributed by atoms with Crippen molar-refractivity contribution >= 4 is 0 Å². The predicted octanol–water partition coefficient (Wildman–Crippen LogP) is 3.69. The minimum Gasteiger partial charge on any atom is -0.262 e. The molecule has 94 valence electrons. The molecule has 0 bridgehead atoms. The Kier molecular flexibility index (Phi) is 2.90. The molecule has 0 atom stereocenters. The van der Waals surface area contributed by atoms with Crippen molar-refractivity contribution in [3.05, 3.63) is 36.2 Å². The van der Waals surface area contributed by atoms with Crippen LogP contribution in [0.4, 0.5) is 0 Å². The Bertz CT molecular complexity index is 510. The summed E-state index contributed by atoms with van der Waals surface area (Å²) in [6, 6.07) is 10.2. The zero-order chi connectivity index (χ0) is 12.4. The molecule has 2 aromatic rings. The van der Waals surface area contributed by atoms with E-state index < -0.39 is 0 Å². The maximum atomic E-state index is 4.74. The van der Waals surface area contributed by atoms with Crippen LogP contribution in [0.15, 0.2) is 30.3 Å². The number of H-pyrrole nitrogens is 1. The Balaban J connectivity index is 1.94. The van der Waals surface area contributed by atoms with Crippen LogP contribution in [0.3, 0.4) is 0 Å². The molecular formula is C15H19N3. The Labute approximate surface area is 108 Å². The molecule has 1 saturated carbocycles. The molecular weight excluding hydrogens is 222 g/mol. The molecule has 1 aliphatic rings. The lowest BCUT2D eigenvalue weighted by molar-refractivity contribution is 0.400. The van der Waals surface area contributed by atoms with E-state index in [9.17, 15) is 0 Å². The maximum Gasteiger partial charge on any atom is 0.181 e. The molecule has 0 radical (unpaired) electrons. The molecule has 0 saturated heterocycles. The summed E-state index contributed by atoms with van der Waals surface area (Å²) in [4.78, 5) is 4.74. The van der Waals surface area contributed by atoms with Gasteiger partial charge in [0.1, 0.15) is 5.82 Å². The van der Waals surface area contributed by atoms with Crippen molar-refractivity contribution in [1.82, 2.24) is 15.2 Å². The number of hydrogen-bond acceptors (Lipinski definition) is 2. The second-order valence-corrected chi connectivity index (χ2v) is 5.21. The molecule has 1 aliphatic carbocycles. The Morgan fingerprint density at radius 1 is 1.17 bits per heavy atom. The van der Waals surface area contributed by atoms with E-state index in [0.717, 1.165) is 23.6 Å². The van der Waals surface area contributed by atoms with Crippen molar-refractivity contribution in [2.75, 3.05) is 0 Å². The van der Waals surface area contributed by atoms with Gasteiger partial charge in [0.15, 0.2) is 5.82 Å². The summed E-state index contributed by atoms with van der Waals surface area (Å²) < 4.78 is 0. The highest BCUT2D eigenvalue weighted by Crippen LogP contribution is 2.42. The van der Waals surface area contributed by atoms with Gasteiger partial charge >= 0.3 is 0 Å². The summed E-state index contributed by atoms with van der Waals surface area (Å²) in [5.41, 5.74) is 1.34. The maximum absolute atomic E-state index is 4.74. The Hall–Kier alpha value is -1.64. The lowest BCUT2D eigenvalue weighted by Crippen LogP contribution is -2.22. The average molecular weight is 241 g/mol. The molecule has 0 amide bonds. The van der Waals surface area contributed by atoms with Crippen LogP contribution in [0, 0.1) is 0 Å². The zero-order valence-electron chi connectivity index (χ0n) is 10.8. The van der Waals surface area contributed by atoms with Crippen LogP contribution in [-0.2, 0) is 5.41 Å². The fourth-order valence-corrected chi connectivity index (χ4v) is 3.02. The normalized spacial score (nSPS) is 18.1. The van der Waals surface area contributed by atoms with Crippen molar-refractivity contribution in [2.45, 2.75) is 44.4 Å². The van der Waals surface area contributed by atoms with Crippen molar-refractivity contribution in [1.29, 1.82) is 0 Å². The molecule has 3 rings (SSSR count). The van der Waals surface area contributed by atoms with Crippen molar-refractivity contribution in [2.24, 2.45) is 0 Å². The minimum absolute atomic E-state index is 0.250. The third kappa shape index (κ3) is 1.84. The van der Waals surface area contributed by atoms with Crippen molar-refractivity contribution in [3.63, 3.8) is 0 Å². The van der Waals surface area contributed by atoms with Crippen LogP contribution in [0.2, 0.25) is 0 Å². The Morgan fingerprint density at radius 3 is 2.56 bits per heavy atom. The number of rotatable bonds is 3. The summed E-state index contributed by atoms with van der Waals surface area (Å²) in [6.45, 7) is 2.26. The molecule has 1 aromatic carbocycles. The molecule has 1 N–H and O–H groups in total.